The van der Waals surface area contributed by atoms with Gasteiger partial charge in [-0.15, -0.1) is 0 Å². The van der Waals surface area contributed by atoms with Gasteiger partial charge in [-0.1, -0.05) is 0 Å². The Bertz CT molecular complexity index is 847. The lowest BCUT2D eigenvalue weighted by atomic mass is 10.2. The molecule has 4 amide bonds. The topological polar surface area (TPSA) is 140 Å². The van der Waals surface area contributed by atoms with Crippen LogP contribution in [0.15, 0.2) is 48.5 Å². The minimum absolute atomic E-state index is 0.197. The van der Waals surface area contributed by atoms with E-state index in [1.54, 1.807) is 24.3 Å². The Hall–Kier alpha value is -3.88. The zero-order chi connectivity index (χ0) is 19.8. The van der Waals surface area contributed by atoms with Gasteiger partial charge in [0.15, 0.2) is 6.61 Å². The van der Waals surface area contributed by atoms with E-state index in [1.807, 2.05) is 0 Å². The molecule has 2 rings (SSSR count). The van der Waals surface area contributed by atoms with E-state index in [-0.39, 0.29) is 11.5 Å². The number of nitrogens with two attached hydrogens (primary N) is 1. The zero-order valence-corrected chi connectivity index (χ0v) is 14.4. The van der Waals surface area contributed by atoms with Gasteiger partial charge in [0.05, 0.1) is 5.56 Å². The summed E-state index contributed by atoms with van der Waals surface area (Å²) in [7, 11) is 0. The predicted octanol–water partition coefficient (Wildman–Crippen LogP) is 1.93. The van der Waals surface area contributed by atoms with Crippen LogP contribution in [0.5, 0.6) is 0 Å². The van der Waals surface area contributed by atoms with Crippen LogP contribution >= 0.6 is 0 Å². The molecule has 140 valence electrons. The van der Waals surface area contributed by atoms with Gasteiger partial charge >= 0.3 is 12.0 Å². The molecule has 0 aliphatic heterocycles. The van der Waals surface area contributed by atoms with Crippen LogP contribution in [0, 0.1) is 0 Å². The van der Waals surface area contributed by atoms with E-state index in [4.69, 9.17) is 10.5 Å². The molecule has 0 aliphatic carbocycles. The monoisotopic (exact) mass is 370 g/mol. The maximum absolute atomic E-state index is 11.9. The van der Waals surface area contributed by atoms with Gasteiger partial charge < -0.3 is 26.4 Å². The molecule has 0 atom stereocenters. The number of ether oxygens (including phenoxy) is 1. The van der Waals surface area contributed by atoms with Gasteiger partial charge in [0.1, 0.15) is 0 Å². The van der Waals surface area contributed by atoms with E-state index in [1.165, 1.54) is 31.2 Å². The number of carbonyl (C=O) groups excluding carboxylic acids is 4. The molecule has 0 heterocycles. The molecule has 0 fully saturated rings. The largest absolute Gasteiger partial charge is 0.452 e. The molecule has 0 spiro atoms. The van der Waals surface area contributed by atoms with Crippen LogP contribution in [0.3, 0.4) is 0 Å². The third-order valence-electron chi connectivity index (χ3n) is 3.21. The predicted molar refractivity (Wildman–Crippen MR) is 99.3 cm³/mol. The lowest BCUT2D eigenvalue weighted by molar-refractivity contribution is -0.119. The molecule has 0 saturated carbocycles. The van der Waals surface area contributed by atoms with Crippen LogP contribution in [-0.2, 0) is 14.3 Å². The van der Waals surface area contributed by atoms with Crippen molar-refractivity contribution in [2.45, 2.75) is 6.92 Å². The van der Waals surface area contributed by atoms with Gasteiger partial charge in [-0.3, -0.25) is 9.59 Å². The van der Waals surface area contributed by atoms with Crippen molar-refractivity contribution in [3.05, 3.63) is 54.1 Å². The number of benzene rings is 2. The number of hydrogen-bond acceptors (Lipinski definition) is 5. The molecule has 2 aromatic rings. The highest BCUT2D eigenvalue weighted by molar-refractivity contribution is 5.96. The van der Waals surface area contributed by atoms with E-state index in [9.17, 15) is 19.2 Å². The molecule has 0 aromatic heterocycles. The summed E-state index contributed by atoms with van der Waals surface area (Å²) in [5.74, 6) is -1.39. The summed E-state index contributed by atoms with van der Waals surface area (Å²) in [5.41, 5.74) is 6.73. The van der Waals surface area contributed by atoms with Gasteiger partial charge in [-0.25, -0.2) is 9.59 Å². The Morgan fingerprint density at radius 2 is 1.30 bits per heavy atom. The molecule has 9 nitrogen and oxygen atoms in total. The van der Waals surface area contributed by atoms with E-state index >= 15 is 0 Å². The van der Waals surface area contributed by atoms with Crippen LogP contribution in [0.4, 0.5) is 21.9 Å². The Kier molecular flexibility index (Phi) is 6.48. The van der Waals surface area contributed by atoms with Crippen molar-refractivity contribution in [1.29, 1.82) is 0 Å². The quantitative estimate of drug-likeness (QED) is 0.575. The molecule has 0 saturated heterocycles. The molecule has 0 unspecified atom stereocenters. The molecule has 2 aromatic carbocycles. The first kappa shape index (κ1) is 19.4. The second-order valence-corrected chi connectivity index (χ2v) is 5.45. The number of carbonyl (C=O) groups is 4. The highest BCUT2D eigenvalue weighted by Crippen LogP contribution is 2.14. The maximum Gasteiger partial charge on any atom is 0.338 e. The summed E-state index contributed by atoms with van der Waals surface area (Å²) >= 11 is 0. The van der Waals surface area contributed by atoms with Gasteiger partial charge in [-0.2, -0.15) is 0 Å². The Labute approximate surface area is 154 Å². The molecule has 27 heavy (non-hydrogen) atoms. The summed E-state index contributed by atoms with van der Waals surface area (Å²) in [4.78, 5) is 45.5. The summed E-state index contributed by atoms with van der Waals surface area (Å²) in [6.07, 6.45) is 0. The zero-order valence-electron chi connectivity index (χ0n) is 14.4. The SMILES string of the molecule is CC(=O)Nc1ccc(NC(=O)COC(=O)c2ccc(NC(N)=O)cc2)cc1. The average Bonchev–Trinajstić information content (AvgIpc) is 2.61. The van der Waals surface area contributed by atoms with Crippen molar-refractivity contribution < 1.29 is 23.9 Å². The second kappa shape index (κ2) is 8.99. The van der Waals surface area contributed by atoms with Gasteiger partial charge in [0, 0.05) is 24.0 Å². The third-order valence-corrected chi connectivity index (χ3v) is 3.21. The van der Waals surface area contributed by atoms with Crippen molar-refractivity contribution in [3.63, 3.8) is 0 Å². The van der Waals surface area contributed by atoms with Gasteiger partial charge in [-0.05, 0) is 48.5 Å². The smallest absolute Gasteiger partial charge is 0.338 e. The molecule has 9 heteroatoms. The lowest BCUT2D eigenvalue weighted by Gasteiger charge is -2.08. The van der Waals surface area contributed by atoms with Crippen molar-refractivity contribution in [2.24, 2.45) is 5.73 Å². The third kappa shape index (κ3) is 6.50. The van der Waals surface area contributed by atoms with E-state index in [2.05, 4.69) is 16.0 Å². The maximum atomic E-state index is 11.9. The summed E-state index contributed by atoms with van der Waals surface area (Å²) < 4.78 is 4.94. The summed E-state index contributed by atoms with van der Waals surface area (Å²) in [5, 5.41) is 7.54. The average molecular weight is 370 g/mol. The Morgan fingerprint density at radius 1 is 0.815 bits per heavy atom. The molecule has 0 radical (unpaired) electrons. The van der Waals surface area contributed by atoms with E-state index in [0.29, 0.717) is 17.1 Å². The van der Waals surface area contributed by atoms with Crippen molar-refractivity contribution in [3.8, 4) is 0 Å². The minimum Gasteiger partial charge on any atom is -0.452 e. The fourth-order valence-corrected chi connectivity index (χ4v) is 2.08. The molecule has 5 N–H and O–H groups in total. The fourth-order valence-electron chi connectivity index (χ4n) is 2.08. The number of rotatable bonds is 6. The number of esters is 1. The Balaban J connectivity index is 1.83. The van der Waals surface area contributed by atoms with Crippen molar-refractivity contribution >= 4 is 40.9 Å². The molecular formula is C18H18N4O5. The van der Waals surface area contributed by atoms with Crippen LogP contribution < -0.4 is 21.7 Å². The van der Waals surface area contributed by atoms with Crippen LogP contribution in [0.1, 0.15) is 17.3 Å². The molecular weight excluding hydrogens is 352 g/mol. The number of primary amides is 1. The number of amides is 4. The molecule has 0 bridgehead atoms. The number of nitrogens with one attached hydrogen (secondary N) is 3. The van der Waals surface area contributed by atoms with Gasteiger partial charge in [0.2, 0.25) is 5.91 Å². The summed E-state index contributed by atoms with van der Waals surface area (Å²) in [6, 6.07) is 11.6. The van der Waals surface area contributed by atoms with Gasteiger partial charge in [0.25, 0.3) is 5.91 Å². The minimum atomic E-state index is -0.716. The van der Waals surface area contributed by atoms with Crippen LogP contribution in [0.25, 0.3) is 0 Å². The van der Waals surface area contributed by atoms with Crippen molar-refractivity contribution in [1.82, 2.24) is 0 Å². The second-order valence-electron chi connectivity index (χ2n) is 5.45. The first-order valence-corrected chi connectivity index (χ1v) is 7.84. The molecule has 0 aliphatic rings. The van der Waals surface area contributed by atoms with Crippen LogP contribution in [-0.4, -0.2) is 30.4 Å². The highest BCUT2D eigenvalue weighted by Gasteiger charge is 2.11. The normalized spacial score (nSPS) is 9.81. The number of hydrogen-bond donors (Lipinski definition) is 4. The highest BCUT2D eigenvalue weighted by atomic mass is 16.5. The first-order valence-electron chi connectivity index (χ1n) is 7.84. The fraction of sp³-hybridized carbons (Fsp3) is 0.111. The Morgan fingerprint density at radius 3 is 1.81 bits per heavy atom. The number of urea groups is 1. The first-order chi connectivity index (χ1) is 12.8. The number of anilines is 3. The summed E-state index contributed by atoms with van der Waals surface area (Å²) in [6.45, 7) is 0.930. The van der Waals surface area contributed by atoms with Crippen LogP contribution in [0.2, 0.25) is 0 Å². The van der Waals surface area contributed by atoms with E-state index in [0.717, 1.165) is 0 Å². The lowest BCUT2D eigenvalue weighted by Crippen LogP contribution is -2.21. The van der Waals surface area contributed by atoms with Crippen molar-refractivity contribution in [2.75, 3.05) is 22.6 Å². The van der Waals surface area contributed by atoms with E-state index < -0.39 is 24.5 Å². The standard InChI is InChI=1S/C18H18N4O5/c1-11(23)20-13-6-8-14(9-7-13)21-16(24)10-27-17(25)12-2-4-15(5-3-12)22-18(19)26/h2-9H,10H2,1H3,(H,20,23)(H,21,24)(H3,19,22,26).